The molecule has 0 aromatic rings. The Balaban J connectivity index is -0.0000000800. The Bertz CT molecular complexity index is 74.4. The molecule has 4 nitrogen and oxygen atoms in total. The molecule has 0 atom stereocenters. The van der Waals surface area contributed by atoms with Gasteiger partial charge in [0.1, 0.15) is 0 Å². The summed E-state index contributed by atoms with van der Waals surface area (Å²) in [7, 11) is -4.64. The Morgan fingerprint density at radius 2 is 1.22 bits per heavy atom. The molecular weight excluding hydrogens is 213 g/mol. The molecule has 0 heterocycles. The Hall–Kier alpha value is 1.26. The molecule has 9 heteroatoms. The van der Waals surface area contributed by atoms with Crippen LogP contribution in [0.5, 0.6) is 0 Å². The zero-order chi connectivity index (χ0) is 7.21. The van der Waals surface area contributed by atoms with E-state index in [-0.39, 0.29) is 17.1 Å². The summed E-state index contributed by atoms with van der Waals surface area (Å²) >= 11 is -2.58. The van der Waals surface area contributed by atoms with Crippen molar-refractivity contribution in [1.82, 2.24) is 0 Å². The van der Waals surface area contributed by atoms with Gasteiger partial charge in [0.25, 0.3) is 0 Å². The van der Waals surface area contributed by atoms with Crippen LogP contribution in [0.2, 0.25) is 0 Å². The van der Waals surface area contributed by atoms with Crippen LogP contribution < -0.4 is 0 Å². The van der Waals surface area contributed by atoms with Crippen molar-refractivity contribution in [3.8, 4) is 0 Å². The maximum Gasteiger partial charge on any atom is 0.879 e. The minimum absolute atomic E-state index is 0. The SMILES string of the molecule is O=P(O)(O)O.[F][Mg][F].[Fe]. The first-order valence-corrected chi connectivity index (χ1v) is 3.95. The molecule has 0 amide bonds. The van der Waals surface area contributed by atoms with Crippen molar-refractivity contribution < 1.29 is 42.2 Å². The van der Waals surface area contributed by atoms with Crippen molar-refractivity contribution in [2.75, 3.05) is 0 Å². The molecule has 56 valence electrons. The van der Waals surface area contributed by atoms with Gasteiger partial charge in [-0.15, -0.1) is 0 Å². The van der Waals surface area contributed by atoms with Crippen LogP contribution in [0.1, 0.15) is 0 Å². The van der Waals surface area contributed by atoms with Crippen LogP contribution in [0, 0.1) is 0 Å². The molecule has 0 aromatic heterocycles. The molecule has 9 heavy (non-hydrogen) atoms. The number of rotatable bonds is 0. The summed E-state index contributed by atoms with van der Waals surface area (Å²) in [5, 5.41) is 0. The van der Waals surface area contributed by atoms with E-state index in [0.717, 1.165) is 0 Å². The van der Waals surface area contributed by atoms with Gasteiger partial charge in [-0.3, -0.25) is 0 Å². The second kappa shape index (κ2) is 9.26. The second-order valence-corrected chi connectivity index (χ2v) is 1.84. The van der Waals surface area contributed by atoms with Gasteiger partial charge in [-0.1, -0.05) is 0 Å². The molecule has 0 radical (unpaired) electrons. The normalized spacial score (nSPS) is 7.67. The summed E-state index contributed by atoms with van der Waals surface area (Å²) in [5.41, 5.74) is 0. The van der Waals surface area contributed by atoms with Crippen LogP contribution in [0.4, 0.5) is 5.91 Å². The molecule has 0 rings (SSSR count). The fourth-order valence-corrected chi connectivity index (χ4v) is 0. The second-order valence-electron chi connectivity index (χ2n) is 0.614. The first kappa shape index (κ1) is 16.7. The van der Waals surface area contributed by atoms with Crippen molar-refractivity contribution >= 4 is 29.3 Å². The number of hydrogen-bond donors (Lipinski definition) is 3. The molecule has 3 N–H and O–H groups in total. The number of hydrogen-bond acceptors (Lipinski definition) is 1. The summed E-state index contributed by atoms with van der Waals surface area (Å²) < 4.78 is 28.4. The maximum atomic E-state index is 9.76. The zero-order valence-electron chi connectivity index (χ0n) is 4.01. The minimum Gasteiger partial charge on any atom is -0.440 e. The van der Waals surface area contributed by atoms with E-state index in [1.165, 1.54) is 0 Å². The molecule has 0 fully saturated rings. The van der Waals surface area contributed by atoms with Gasteiger partial charge in [-0.05, 0) is 0 Å². The quantitative estimate of drug-likeness (QED) is 0.378. The van der Waals surface area contributed by atoms with E-state index < -0.39 is 29.3 Å². The third kappa shape index (κ3) is 309. The molecule has 0 aliphatic rings. The van der Waals surface area contributed by atoms with Gasteiger partial charge in [0, 0.05) is 17.1 Å². The third-order valence-corrected chi connectivity index (χ3v) is 0. The van der Waals surface area contributed by atoms with Gasteiger partial charge < -0.3 is 20.6 Å². The molecule has 0 bridgehead atoms. The van der Waals surface area contributed by atoms with E-state index >= 15 is 0 Å². The average molecular weight is 216 g/mol. The summed E-state index contributed by atoms with van der Waals surface area (Å²) in [6.45, 7) is 0. The first-order chi connectivity index (χ1) is 3.41. The standard InChI is InChI=1S/2FH.Fe.Mg.H3O4P/c;;;;1-5(2,3)4/h2*1H;;;(H3,1,2,3,4)/q;;;+2;/p-2. The van der Waals surface area contributed by atoms with E-state index in [0.29, 0.717) is 0 Å². The molecule has 0 unspecified atom stereocenters. The topological polar surface area (TPSA) is 77.8 Å². The zero-order valence-corrected chi connectivity index (χ0v) is 7.43. The average Bonchev–Trinajstić information content (AvgIpc) is 1.27. The van der Waals surface area contributed by atoms with Crippen molar-refractivity contribution in [3.63, 3.8) is 0 Å². The van der Waals surface area contributed by atoms with Crippen molar-refractivity contribution in [1.29, 1.82) is 0 Å². The third-order valence-electron chi connectivity index (χ3n) is 0. The number of halogens is 2. The van der Waals surface area contributed by atoms with E-state index in [4.69, 9.17) is 19.2 Å². The molecule has 0 spiro atoms. The van der Waals surface area contributed by atoms with Crippen LogP contribution in [0.25, 0.3) is 0 Å². The summed E-state index contributed by atoms with van der Waals surface area (Å²) in [5.74, 6) is 0. The predicted octanol–water partition coefficient (Wildman–Crippen LogP) is -0.472. The molecule has 0 aliphatic heterocycles. The van der Waals surface area contributed by atoms with Crippen LogP contribution >= 0.6 is 7.82 Å². The predicted molar refractivity (Wildman–Crippen MR) is 22.2 cm³/mol. The molecule has 0 saturated heterocycles. The smallest absolute Gasteiger partial charge is 0.440 e. The van der Waals surface area contributed by atoms with Crippen LogP contribution in [-0.2, 0) is 21.6 Å². The van der Waals surface area contributed by atoms with Crippen molar-refractivity contribution in [2.24, 2.45) is 0 Å². The largest absolute Gasteiger partial charge is 0.879 e. The summed E-state index contributed by atoms with van der Waals surface area (Å²) in [6.07, 6.45) is 0. The van der Waals surface area contributed by atoms with Gasteiger partial charge in [0.15, 0.2) is 0 Å². The van der Waals surface area contributed by atoms with Crippen LogP contribution in [-0.4, -0.2) is 36.2 Å². The Morgan fingerprint density at radius 1 is 1.22 bits per heavy atom. The minimum atomic E-state index is -4.64. The fraction of sp³-hybridized carbons (Fsp3) is 0. The Kier molecular flexibility index (Phi) is 17.2. The van der Waals surface area contributed by atoms with Gasteiger partial charge in [0.2, 0.25) is 0 Å². The summed E-state index contributed by atoms with van der Waals surface area (Å²) in [4.78, 5) is 21.6. The van der Waals surface area contributed by atoms with E-state index in [1.54, 1.807) is 0 Å². The van der Waals surface area contributed by atoms with Crippen molar-refractivity contribution in [3.05, 3.63) is 0 Å². The first-order valence-electron chi connectivity index (χ1n) is 1.32. The van der Waals surface area contributed by atoms with E-state index in [9.17, 15) is 5.91 Å². The van der Waals surface area contributed by atoms with Crippen molar-refractivity contribution in [2.45, 2.75) is 0 Å². The molecule has 0 aliphatic carbocycles. The Labute approximate surface area is 71.6 Å². The van der Waals surface area contributed by atoms with Crippen LogP contribution in [0.3, 0.4) is 0 Å². The molecule has 0 saturated carbocycles. The monoisotopic (exact) mass is 216 g/mol. The van der Waals surface area contributed by atoms with Gasteiger partial charge in [-0.2, -0.15) is 0 Å². The maximum absolute atomic E-state index is 9.76. The van der Waals surface area contributed by atoms with E-state index in [1.807, 2.05) is 0 Å². The van der Waals surface area contributed by atoms with Gasteiger partial charge in [-0.25, -0.2) is 4.57 Å². The van der Waals surface area contributed by atoms with Crippen LogP contribution in [0.15, 0.2) is 0 Å². The fourth-order valence-electron chi connectivity index (χ4n) is 0. The number of phosphoric acid groups is 1. The van der Waals surface area contributed by atoms with Gasteiger partial charge >= 0.3 is 29.3 Å². The molecular formula is H3F2FeMgO4P. The Morgan fingerprint density at radius 3 is 1.22 bits per heavy atom. The van der Waals surface area contributed by atoms with Gasteiger partial charge in [0.05, 0.1) is 0 Å². The molecule has 0 aromatic carbocycles. The van der Waals surface area contributed by atoms with E-state index in [2.05, 4.69) is 0 Å². The summed E-state index contributed by atoms with van der Waals surface area (Å²) in [6, 6.07) is 0.